The van der Waals surface area contributed by atoms with Crippen molar-refractivity contribution < 1.29 is 13.2 Å². The van der Waals surface area contributed by atoms with Gasteiger partial charge in [0.05, 0.1) is 24.5 Å². The Labute approximate surface area is 186 Å². The van der Waals surface area contributed by atoms with Crippen molar-refractivity contribution in [3.63, 3.8) is 0 Å². The number of hydrogen-bond donors (Lipinski definition) is 2. The van der Waals surface area contributed by atoms with E-state index in [1.54, 1.807) is 0 Å². The first-order valence-electron chi connectivity index (χ1n) is 9.51. The molecule has 3 N–H and O–H groups in total. The largest absolute Gasteiger partial charge is 0.373 e. The second-order valence-corrected chi connectivity index (χ2v) is 9.30. The summed E-state index contributed by atoms with van der Waals surface area (Å²) >= 11 is 0. The smallest absolute Gasteiger partial charge is 0.216 e. The van der Waals surface area contributed by atoms with Crippen molar-refractivity contribution in [2.45, 2.75) is 52.2 Å². The summed E-state index contributed by atoms with van der Waals surface area (Å²) < 4.78 is 32.0. The van der Waals surface area contributed by atoms with Gasteiger partial charge in [0.2, 0.25) is 10.0 Å². The van der Waals surface area contributed by atoms with Crippen LogP contribution in [0.25, 0.3) is 0 Å². The Morgan fingerprint density at radius 1 is 1.29 bits per heavy atom. The first-order chi connectivity index (χ1) is 12.7. The Balaban J connectivity index is 0.00000392. The average molecular weight is 524 g/mol. The molecule has 7 nitrogen and oxygen atoms in total. The topological polar surface area (TPSA) is 97.0 Å². The van der Waals surface area contributed by atoms with Gasteiger partial charge in [-0.15, -0.1) is 24.0 Å². The van der Waals surface area contributed by atoms with Crippen LogP contribution < -0.4 is 11.1 Å². The van der Waals surface area contributed by atoms with Gasteiger partial charge >= 0.3 is 0 Å². The van der Waals surface area contributed by atoms with Crippen LogP contribution in [0, 0.1) is 0 Å². The zero-order valence-corrected chi connectivity index (χ0v) is 20.2. The molecule has 1 heterocycles. The lowest BCUT2D eigenvalue weighted by atomic mass is 9.99. The predicted octanol–water partition coefficient (Wildman–Crippen LogP) is 2.98. The van der Waals surface area contributed by atoms with Crippen LogP contribution in [0.1, 0.15) is 45.6 Å². The highest BCUT2D eigenvalue weighted by molar-refractivity contribution is 14.0. The fourth-order valence-corrected chi connectivity index (χ4v) is 4.54. The van der Waals surface area contributed by atoms with E-state index in [1.807, 2.05) is 26.0 Å². The van der Waals surface area contributed by atoms with Gasteiger partial charge < -0.3 is 15.8 Å². The van der Waals surface area contributed by atoms with E-state index in [2.05, 4.69) is 36.3 Å². The SMILES string of the molecule is CCC(C)c1ccc(NC(N)=NCCS(=O)(=O)N2CC(C)OC(C)C2)cc1.I. The second kappa shape index (κ2) is 11.3. The number of sulfonamides is 1. The Bertz CT molecular complexity index is 730. The molecule has 9 heteroatoms. The third kappa shape index (κ3) is 7.49. The fraction of sp³-hybridized carbons (Fsp3) is 0.632. The van der Waals surface area contributed by atoms with E-state index >= 15 is 0 Å². The van der Waals surface area contributed by atoms with Gasteiger partial charge in [-0.05, 0) is 43.9 Å². The summed E-state index contributed by atoms with van der Waals surface area (Å²) in [6.45, 7) is 8.99. The van der Waals surface area contributed by atoms with Gasteiger partial charge in [-0.25, -0.2) is 8.42 Å². The number of nitrogens with zero attached hydrogens (tertiary/aromatic N) is 2. The van der Waals surface area contributed by atoms with Crippen molar-refractivity contribution in [2.24, 2.45) is 10.7 Å². The molecule has 0 saturated carbocycles. The molecule has 1 saturated heterocycles. The standard InChI is InChI=1S/C19H32N4O3S.HI/c1-5-14(2)17-6-8-18(9-7-17)22-19(20)21-10-11-27(24,25)23-12-15(3)26-16(4)13-23;/h6-9,14-16H,5,10-13H2,1-4H3,(H3,20,21,22);1H. The molecule has 2 rings (SSSR count). The Morgan fingerprint density at radius 3 is 2.39 bits per heavy atom. The zero-order chi connectivity index (χ0) is 20.0. The number of ether oxygens (including phenoxy) is 1. The Morgan fingerprint density at radius 2 is 1.86 bits per heavy atom. The summed E-state index contributed by atoms with van der Waals surface area (Å²) in [5.74, 6) is 0.660. The molecule has 1 fully saturated rings. The summed E-state index contributed by atoms with van der Waals surface area (Å²) in [6.07, 6.45) is 0.889. The second-order valence-electron chi connectivity index (χ2n) is 7.21. The van der Waals surface area contributed by atoms with E-state index in [1.165, 1.54) is 9.87 Å². The molecule has 3 atom stereocenters. The molecule has 0 aliphatic carbocycles. The van der Waals surface area contributed by atoms with Crippen molar-refractivity contribution >= 4 is 45.6 Å². The highest BCUT2D eigenvalue weighted by Crippen LogP contribution is 2.20. The maximum Gasteiger partial charge on any atom is 0.216 e. The summed E-state index contributed by atoms with van der Waals surface area (Å²) in [4.78, 5) is 4.16. The van der Waals surface area contributed by atoms with Gasteiger partial charge in [0.25, 0.3) is 0 Å². The third-order valence-corrected chi connectivity index (χ3v) is 6.56. The highest BCUT2D eigenvalue weighted by Gasteiger charge is 2.30. The van der Waals surface area contributed by atoms with Crippen LogP contribution in [0.2, 0.25) is 0 Å². The normalized spacial score (nSPS) is 22.4. The molecule has 1 aromatic rings. The molecule has 3 unspecified atom stereocenters. The minimum absolute atomic E-state index is 0. The monoisotopic (exact) mass is 524 g/mol. The van der Waals surface area contributed by atoms with Crippen molar-refractivity contribution in [2.75, 3.05) is 30.7 Å². The zero-order valence-electron chi connectivity index (χ0n) is 17.1. The first kappa shape index (κ1) is 25.1. The van der Waals surface area contributed by atoms with Crippen molar-refractivity contribution in [3.05, 3.63) is 29.8 Å². The first-order valence-corrected chi connectivity index (χ1v) is 11.1. The number of morpholine rings is 1. The van der Waals surface area contributed by atoms with Crippen LogP contribution in [0.4, 0.5) is 5.69 Å². The molecule has 0 radical (unpaired) electrons. The lowest BCUT2D eigenvalue weighted by Crippen LogP contribution is -2.49. The number of hydrogen-bond acceptors (Lipinski definition) is 4. The minimum atomic E-state index is -3.37. The van der Waals surface area contributed by atoms with Gasteiger partial charge in [0.1, 0.15) is 0 Å². The van der Waals surface area contributed by atoms with E-state index in [-0.39, 0.29) is 54.4 Å². The molecule has 160 valence electrons. The maximum absolute atomic E-state index is 12.5. The predicted molar refractivity (Wildman–Crippen MR) is 126 cm³/mol. The molecule has 28 heavy (non-hydrogen) atoms. The van der Waals surface area contributed by atoms with E-state index in [9.17, 15) is 8.42 Å². The van der Waals surface area contributed by atoms with Crippen molar-refractivity contribution in [3.8, 4) is 0 Å². The summed E-state index contributed by atoms with van der Waals surface area (Å²) in [5, 5.41) is 3.01. The quantitative estimate of drug-likeness (QED) is 0.325. The van der Waals surface area contributed by atoms with Crippen molar-refractivity contribution in [1.82, 2.24) is 4.31 Å². The molecule has 1 aromatic carbocycles. The molecule has 0 bridgehead atoms. The number of anilines is 1. The summed E-state index contributed by atoms with van der Waals surface area (Å²) in [5.41, 5.74) is 8.00. The number of benzene rings is 1. The van der Waals surface area contributed by atoms with Gasteiger partial charge in [-0.3, -0.25) is 4.99 Å². The number of aliphatic imine (C=N–C) groups is 1. The highest BCUT2D eigenvalue weighted by atomic mass is 127. The van der Waals surface area contributed by atoms with Crippen LogP contribution in [0.3, 0.4) is 0 Å². The summed E-state index contributed by atoms with van der Waals surface area (Å²) in [6, 6.07) is 8.04. The molecule has 0 spiro atoms. The molecule has 1 aliphatic rings. The molecular weight excluding hydrogens is 491 g/mol. The van der Waals surface area contributed by atoms with Crippen LogP contribution in [0.5, 0.6) is 0 Å². The Kier molecular flexibility index (Phi) is 10.2. The van der Waals surface area contributed by atoms with Crippen LogP contribution in [-0.4, -0.2) is 56.3 Å². The van der Waals surface area contributed by atoms with E-state index in [0.29, 0.717) is 19.0 Å². The van der Waals surface area contributed by atoms with Crippen LogP contribution in [0.15, 0.2) is 29.3 Å². The van der Waals surface area contributed by atoms with Crippen molar-refractivity contribution in [1.29, 1.82) is 0 Å². The Hall–Kier alpha value is -0.910. The number of guanidine groups is 1. The number of rotatable bonds is 7. The third-order valence-electron chi connectivity index (χ3n) is 4.78. The molecule has 0 aromatic heterocycles. The molecule has 1 aliphatic heterocycles. The maximum atomic E-state index is 12.5. The molecular formula is C19H33IN4O3S. The number of nitrogens with one attached hydrogen (secondary N) is 1. The lowest BCUT2D eigenvalue weighted by Gasteiger charge is -2.34. The molecule has 0 amide bonds. The van der Waals surface area contributed by atoms with Crippen LogP contribution in [-0.2, 0) is 14.8 Å². The number of halogens is 1. The van der Waals surface area contributed by atoms with E-state index < -0.39 is 10.0 Å². The van der Waals surface area contributed by atoms with Gasteiger partial charge in [-0.1, -0.05) is 26.0 Å². The van der Waals surface area contributed by atoms with Crippen LogP contribution >= 0.6 is 24.0 Å². The summed E-state index contributed by atoms with van der Waals surface area (Å²) in [7, 11) is -3.37. The van der Waals surface area contributed by atoms with Gasteiger partial charge in [0, 0.05) is 18.8 Å². The van der Waals surface area contributed by atoms with Gasteiger partial charge in [0.15, 0.2) is 5.96 Å². The van der Waals surface area contributed by atoms with Gasteiger partial charge in [-0.2, -0.15) is 4.31 Å². The average Bonchev–Trinajstić information content (AvgIpc) is 2.60. The lowest BCUT2D eigenvalue weighted by molar-refractivity contribution is -0.0440. The van der Waals surface area contributed by atoms with E-state index in [0.717, 1.165) is 12.1 Å². The van der Waals surface area contributed by atoms with E-state index in [4.69, 9.17) is 10.5 Å². The minimum Gasteiger partial charge on any atom is -0.373 e. The fourth-order valence-electron chi connectivity index (χ4n) is 3.09. The number of nitrogens with two attached hydrogens (primary N) is 1.